The summed E-state index contributed by atoms with van der Waals surface area (Å²) in [5.41, 5.74) is 4.09. The van der Waals surface area contributed by atoms with E-state index in [2.05, 4.69) is 21.0 Å². The summed E-state index contributed by atoms with van der Waals surface area (Å²) in [6.07, 6.45) is 0.533. The number of phenols is 1. The monoisotopic (exact) mass is 434 g/mol. The fourth-order valence-corrected chi connectivity index (χ4v) is 3.72. The van der Waals surface area contributed by atoms with E-state index in [4.69, 9.17) is 0 Å². The highest BCUT2D eigenvalue weighted by Crippen LogP contribution is 2.36. The quantitative estimate of drug-likeness (QED) is 0.595. The van der Waals surface area contributed by atoms with Crippen LogP contribution in [0.15, 0.2) is 82.4 Å². The zero-order valence-electron chi connectivity index (χ0n) is 15.3. The second kappa shape index (κ2) is 7.60. The third-order valence-electron chi connectivity index (χ3n) is 4.87. The first-order valence-corrected chi connectivity index (χ1v) is 9.84. The van der Waals surface area contributed by atoms with Gasteiger partial charge in [0.25, 0.3) is 5.91 Å². The predicted molar refractivity (Wildman–Crippen MR) is 113 cm³/mol. The standard InChI is InChI=1S/C23H19BrN2O2/c1-15-7-9-16(10-8-15)21-14-20(19-13-18(24)11-12-22(19)27)25-26(21)23(28)17-5-3-2-4-6-17/h2-13,21,27H,14H2,1H3/t21-/m0/s1. The van der Waals surface area contributed by atoms with Crippen LogP contribution in [0.4, 0.5) is 0 Å². The predicted octanol–water partition coefficient (Wildman–Crippen LogP) is 5.45. The van der Waals surface area contributed by atoms with Crippen molar-refractivity contribution in [3.63, 3.8) is 0 Å². The molecule has 28 heavy (non-hydrogen) atoms. The van der Waals surface area contributed by atoms with Gasteiger partial charge in [-0.1, -0.05) is 64.0 Å². The molecular weight excluding hydrogens is 416 g/mol. The van der Waals surface area contributed by atoms with Gasteiger partial charge in [-0.15, -0.1) is 0 Å². The van der Waals surface area contributed by atoms with E-state index >= 15 is 0 Å². The summed E-state index contributed by atoms with van der Waals surface area (Å²) < 4.78 is 0.850. The number of hydrogen-bond donors (Lipinski definition) is 1. The van der Waals surface area contributed by atoms with E-state index in [1.54, 1.807) is 24.3 Å². The Balaban J connectivity index is 1.77. The second-order valence-corrected chi connectivity index (χ2v) is 7.77. The summed E-state index contributed by atoms with van der Waals surface area (Å²) >= 11 is 3.45. The maximum atomic E-state index is 13.2. The molecule has 1 aliphatic heterocycles. The molecule has 0 spiro atoms. The van der Waals surface area contributed by atoms with E-state index in [1.165, 1.54) is 5.01 Å². The molecule has 5 heteroatoms. The zero-order valence-corrected chi connectivity index (χ0v) is 16.9. The highest BCUT2D eigenvalue weighted by Gasteiger charge is 2.34. The third-order valence-corrected chi connectivity index (χ3v) is 5.36. The average molecular weight is 435 g/mol. The molecule has 0 radical (unpaired) electrons. The summed E-state index contributed by atoms with van der Waals surface area (Å²) in [5, 5.41) is 16.5. The van der Waals surface area contributed by atoms with Gasteiger partial charge in [-0.05, 0) is 42.8 Å². The van der Waals surface area contributed by atoms with Crippen molar-refractivity contribution >= 4 is 27.5 Å². The largest absolute Gasteiger partial charge is 0.507 e. The number of amides is 1. The van der Waals surface area contributed by atoms with Crippen LogP contribution >= 0.6 is 15.9 Å². The minimum atomic E-state index is -0.221. The molecule has 0 unspecified atom stereocenters. The molecule has 4 nitrogen and oxygen atoms in total. The van der Waals surface area contributed by atoms with E-state index in [9.17, 15) is 9.90 Å². The van der Waals surface area contributed by atoms with Crippen LogP contribution in [0.5, 0.6) is 5.75 Å². The summed E-state index contributed by atoms with van der Waals surface area (Å²) in [5.74, 6) is -0.00530. The lowest BCUT2D eigenvalue weighted by Crippen LogP contribution is -2.27. The smallest absolute Gasteiger partial charge is 0.274 e. The second-order valence-electron chi connectivity index (χ2n) is 6.85. The van der Waals surface area contributed by atoms with Crippen molar-refractivity contribution in [3.05, 3.63) is 99.5 Å². The molecule has 0 bridgehead atoms. The van der Waals surface area contributed by atoms with E-state index in [0.29, 0.717) is 23.3 Å². The summed E-state index contributed by atoms with van der Waals surface area (Å²) in [6.45, 7) is 2.03. The highest BCUT2D eigenvalue weighted by atomic mass is 79.9. The number of halogens is 1. The van der Waals surface area contributed by atoms with Crippen LogP contribution in [0.1, 0.15) is 39.5 Å². The van der Waals surface area contributed by atoms with Gasteiger partial charge in [0.05, 0.1) is 11.8 Å². The lowest BCUT2D eigenvalue weighted by Gasteiger charge is -2.22. The number of rotatable bonds is 3. The Kier molecular flexibility index (Phi) is 5.01. The number of benzene rings is 3. The lowest BCUT2D eigenvalue weighted by atomic mass is 9.97. The van der Waals surface area contributed by atoms with Crippen molar-refractivity contribution in [2.45, 2.75) is 19.4 Å². The minimum Gasteiger partial charge on any atom is -0.507 e. The number of hydrogen-bond acceptors (Lipinski definition) is 3. The SMILES string of the molecule is Cc1ccc([C@@H]2CC(c3cc(Br)ccc3O)=NN2C(=O)c2ccccc2)cc1. The lowest BCUT2D eigenvalue weighted by molar-refractivity contribution is 0.0711. The summed E-state index contributed by atoms with van der Waals surface area (Å²) in [6, 6.07) is 22.3. The normalized spacial score (nSPS) is 16.1. The third kappa shape index (κ3) is 3.58. The van der Waals surface area contributed by atoms with Gasteiger partial charge in [0, 0.05) is 22.0 Å². The molecule has 3 aromatic carbocycles. The van der Waals surface area contributed by atoms with E-state index in [0.717, 1.165) is 15.6 Å². The van der Waals surface area contributed by atoms with Crippen molar-refractivity contribution in [2.75, 3.05) is 0 Å². The highest BCUT2D eigenvalue weighted by molar-refractivity contribution is 9.10. The molecule has 1 heterocycles. The van der Waals surface area contributed by atoms with E-state index in [1.807, 2.05) is 55.5 Å². The summed E-state index contributed by atoms with van der Waals surface area (Å²) in [7, 11) is 0. The number of nitrogens with zero attached hydrogens (tertiary/aromatic N) is 2. The van der Waals surface area contributed by atoms with Crippen LogP contribution in [0, 0.1) is 6.92 Å². The Labute approximate surface area is 172 Å². The van der Waals surface area contributed by atoms with Gasteiger partial charge < -0.3 is 5.11 Å². The van der Waals surface area contributed by atoms with Crippen LogP contribution in [-0.4, -0.2) is 21.7 Å². The van der Waals surface area contributed by atoms with Crippen LogP contribution in [0.2, 0.25) is 0 Å². The topological polar surface area (TPSA) is 52.9 Å². The van der Waals surface area contributed by atoms with Crippen molar-refractivity contribution < 1.29 is 9.90 Å². The van der Waals surface area contributed by atoms with Crippen molar-refractivity contribution in [2.24, 2.45) is 5.10 Å². The first kappa shape index (κ1) is 18.4. The number of carbonyl (C=O) groups excluding carboxylic acids is 1. The molecule has 1 N–H and O–H groups in total. The average Bonchev–Trinajstić information content (AvgIpc) is 3.15. The Morgan fingerprint density at radius 1 is 1.07 bits per heavy atom. The molecular formula is C23H19BrN2O2. The first-order valence-electron chi connectivity index (χ1n) is 9.04. The fraction of sp³-hybridized carbons (Fsp3) is 0.130. The van der Waals surface area contributed by atoms with Gasteiger partial charge in [-0.25, -0.2) is 5.01 Å². The van der Waals surface area contributed by atoms with Crippen LogP contribution in [-0.2, 0) is 0 Å². The number of phenolic OH excluding ortho intramolecular Hbond substituents is 1. The first-order chi connectivity index (χ1) is 13.5. The molecule has 1 aliphatic rings. The maximum Gasteiger partial charge on any atom is 0.274 e. The Hall–Kier alpha value is -2.92. The van der Waals surface area contributed by atoms with Gasteiger partial charge in [-0.3, -0.25) is 4.79 Å². The molecule has 4 rings (SSSR count). The van der Waals surface area contributed by atoms with Crippen LogP contribution in [0.25, 0.3) is 0 Å². The molecule has 1 amide bonds. The zero-order chi connectivity index (χ0) is 19.7. The van der Waals surface area contributed by atoms with Gasteiger partial charge in [0.2, 0.25) is 0 Å². The fourth-order valence-electron chi connectivity index (χ4n) is 3.36. The maximum absolute atomic E-state index is 13.2. The molecule has 0 saturated heterocycles. The minimum absolute atomic E-state index is 0.151. The van der Waals surface area contributed by atoms with Gasteiger partial charge in [-0.2, -0.15) is 5.10 Å². The van der Waals surface area contributed by atoms with Crippen LogP contribution < -0.4 is 0 Å². The summed E-state index contributed by atoms with van der Waals surface area (Å²) in [4.78, 5) is 13.2. The molecule has 1 atom stereocenters. The van der Waals surface area contributed by atoms with Gasteiger partial charge >= 0.3 is 0 Å². The van der Waals surface area contributed by atoms with Crippen molar-refractivity contribution in [3.8, 4) is 5.75 Å². The van der Waals surface area contributed by atoms with E-state index in [-0.39, 0.29) is 17.7 Å². The number of carbonyl (C=O) groups is 1. The number of aromatic hydroxyl groups is 1. The van der Waals surface area contributed by atoms with Gasteiger partial charge in [0.15, 0.2) is 0 Å². The Morgan fingerprint density at radius 3 is 2.50 bits per heavy atom. The number of hydrazone groups is 1. The van der Waals surface area contributed by atoms with E-state index < -0.39 is 0 Å². The van der Waals surface area contributed by atoms with Crippen molar-refractivity contribution in [1.29, 1.82) is 0 Å². The van der Waals surface area contributed by atoms with Crippen LogP contribution in [0.3, 0.4) is 0 Å². The Bertz CT molecular complexity index is 1050. The molecule has 0 aliphatic carbocycles. The molecule has 0 aromatic heterocycles. The van der Waals surface area contributed by atoms with Gasteiger partial charge in [0.1, 0.15) is 5.75 Å². The van der Waals surface area contributed by atoms with Crippen molar-refractivity contribution in [1.82, 2.24) is 5.01 Å². The Morgan fingerprint density at radius 2 is 1.79 bits per heavy atom. The number of aryl methyl sites for hydroxylation is 1. The molecule has 140 valence electrons. The molecule has 0 fully saturated rings. The molecule has 3 aromatic rings. The molecule has 0 saturated carbocycles.